The van der Waals surface area contributed by atoms with Crippen molar-refractivity contribution in [3.8, 4) is 0 Å². The Morgan fingerprint density at radius 1 is 1.57 bits per heavy atom. The van der Waals surface area contributed by atoms with Crippen molar-refractivity contribution >= 4 is 40.7 Å². The van der Waals surface area contributed by atoms with Gasteiger partial charge in [0.05, 0.1) is 4.34 Å². The molecule has 1 N–H and O–H groups in total. The Hall–Kier alpha value is -1.38. The average molecular weight is 346 g/mol. The fourth-order valence-corrected chi connectivity index (χ4v) is 3.45. The lowest BCUT2D eigenvalue weighted by molar-refractivity contribution is -0.138. The Morgan fingerprint density at radius 2 is 2.33 bits per heavy atom. The lowest BCUT2D eigenvalue weighted by Gasteiger charge is -2.09. The largest absolute Gasteiger partial charge is 0.480 e. The molecule has 2 heterocycles. The fraction of sp³-hybridized carbons (Fsp3) is 0.333. The molecule has 21 heavy (non-hydrogen) atoms. The number of rotatable bonds is 6. The molecule has 0 radical (unpaired) electrons. The summed E-state index contributed by atoms with van der Waals surface area (Å²) in [5.41, 5.74) is 0.842. The molecular formula is C12H12ClN3O3S2. The number of aryl methyl sites for hydroxylation is 1. The molecule has 0 saturated heterocycles. The van der Waals surface area contributed by atoms with Gasteiger partial charge in [0.1, 0.15) is 12.2 Å². The van der Waals surface area contributed by atoms with E-state index in [1.165, 1.54) is 27.8 Å². The number of aromatic nitrogens is 3. The van der Waals surface area contributed by atoms with E-state index in [9.17, 15) is 9.59 Å². The standard InChI is InChI=1S/C12H12ClN3O3S2/c1-2-8-11(19)14-12(16(15-8)4-10(17)18)21-6-7-3-9(13)20-5-7/h3,5H,2,4,6H2,1H3,(H,17,18). The first-order chi connectivity index (χ1) is 9.99. The lowest BCUT2D eigenvalue weighted by Crippen LogP contribution is -2.25. The van der Waals surface area contributed by atoms with Crippen LogP contribution in [0.3, 0.4) is 0 Å². The highest BCUT2D eigenvalue weighted by atomic mass is 35.5. The minimum atomic E-state index is -1.03. The quantitative estimate of drug-likeness (QED) is 0.808. The number of thiophene rings is 1. The van der Waals surface area contributed by atoms with E-state index < -0.39 is 11.5 Å². The molecule has 112 valence electrons. The Kier molecular flexibility index (Phi) is 5.38. The van der Waals surface area contributed by atoms with Crippen LogP contribution in [-0.4, -0.2) is 25.8 Å². The summed E-state index contributed by atoms with van der Waals surface area (Å²) in [6.45, 7) is 1.45. The van der Waals surface area contributed by atoms with E-state index >= 15 is 0 Å². The molecule has 2 aromatic heterocycles. The van der Waals surface area contributed by atoms with Gasteiger partial charge in [-0.1, -0.05) is 30.3 Å². The number of carbonyl (C=O) groups is 1. The van der Waals surface area contributed by atoms with Crippen molar-refractivity contribution in [1.29, 1.82) is 0 Å². The van der Waals surface area contributed by atoms with E-state index in [1.54, 1.807) is 6.92 Å². The van der Waals surface area contributed by atoms with Gasteiger partial charge in [0, 0.05) is 5.75 Å². The van der Waals surface area contributed by atoms with Gasteiger partial charge in [-0.05, 0) is 23.4 Å². The maximum Gasteiger partial charge on any atom is 0.325 e. The van der Waals surface area contributed by atoms with Gasteiger partial charge in [0.2, 0.25) is 0 Å². The highest BCUT2D eigenvalue weighted by molar-refractivity contribution is 7.98. The van der Waals surface area contributed by atoms with Crippen LogP contribution >= 0.6 is 34.7 Å². The smallest absolute Gasteiger partial charge is 0.325 e. The minimum absolute atomic E-state index is 0.263. The molecule has 9 heteroatoms. The molecule has 0 fully saturated rings. The molecule has 0 unspecified atom stereocenters. The number of hydrogen-bond donors (Lipinski definition) is 1. The number of nitrogens with zero attached hydrogens (tertiary/aromatic N) is 3. The van der Waals surface area contributed by atoms with Gasteiger partial charge in [-0.15, -0.1) is 11.3 Å². The van der Waals surface area contributed by atoms with Crippen molar-refractivity contribution in [3.05, 3.63) is 37.4 Å². The van der Waals surface area contributed by atoms with E-state index in [2.05, 4.69) is 10.1 Å². The zero-order valence-electron chi connectivity index (χ0n) is 11.1. The van der Waals surface area contributed by atoms with Gasteiger partial charge >= 0.3 is 5.97 Å². The monoisotopic (exact) mass is 345 g/mol. The Morgan fingerprint density at radius 3 is 2.90 bits per heavy atom. The average Bonchev–Trinajstić information content (AvgIpc) is 2.84. The summed E-state index contributed by atoms with van der Waals surface area (Å²) in [6.07, 6.45) is 0.413. The van der Waals surface area contributed by atoms with E-state index in [-0.39, 0.29) is 12.2 Å². The van der Waals surface area contributed by atoms with Crippen LogP contribution in [0.4, 0.5) is 0 Å². The summed E-state index contributed by atoms with van der Waals surface area (Å²) in [6, 6.07) is 1.83. The molecule has 0 bridgehead atoms. The molecule has 0 amide bonds. The fourth-order valence-electron chi connectivity index (χ4n) is 1.57. The first-order valence-electron chi connectivity index (χ1n) is 6.05. The predicted molar refractivity (Wildman–Crippen MR) is 82.2 cm³/mol. The van der Waals surface area contributed by atoms with Crippen LogP contribution in [0.5, 0.6) is 0 Å². The van der Waals surface area contributed by atoms with Gasteiger partial charge in [0.25, 0.3) is 5.56 Å². The molecule has 6 nitrogen and oxygen atoms in total. The van der Waals surface area contributed by atoms with Crippen LogP contribution < -0.4 is 5.56 Å². The van der Waals surface area contributed by atoms with Gasteiger partial charge in [-0.3, -0.25) is 9.59 Å². The third kappa shape index (κ3) is 4.29. The van der Waals surface area contributed by atoms with Crippen LogP contribution in [0, 0.1) is 0 Å². The van der Waals surface area contributed by atoms with Gasteiger partial charge < -0.3 is 5.11 Å². The maximum absolute atomic E-state index is 11.8. The van der Waals surface area contributed by atoms with Gasteiger partial charge in [-0.25, -0.2) is 4.68 Å². The summed E-state index contributed by atoms with van der Waals surface area (Å²) in [5.74, 6) is -0.488. The summed E-state index contributed by atoms with van der Waals surface area (Å²) in [5, 5.41) is 15.2. The summed E-state index contributed by atoms with van der Waals surface area (Å²) >= 11 is 8.54. The normalized spacial score (nSPS) is 10.8. The van der Waals surface area contributed by atoms with Crippen LogP contribution in [0.25, 0.3) is 0 Å². The van der Waals surface area contributed by atoms with Gasteiger partial charge in [-0.2, -0.15) is 10.1 Å². The topological polar surface area (TPSA) is 85.1 Å². The SMILES string of the molecule is CCc1nn(CC(=O)O)c(SCc2csc(Cl)c2)nc1=O. The lowest BCUT2D eigenvalue weighted by atomic mass is 10.4. The molecule has 2 aromatic rings. The number of hydrogen-bond acceptors (Lipinski definition) is 6. The number of carboxylic acids is 1. The molecule has 0 aliphatic heterocycles. The summed E-state index contributed by atoms with van der Waals surface area (Å²) in [4.78, 5) is 26.6. The molecule has 0 aliphatic carbocycles. The highest BCUT2D eigenvalue weighted by Crippen LogP contribution is 2.26. The number of aliphatic carboxylic acids is 1. The maximum atomic E-state index is 11.8. The summed E-state index contributed by atoms with van der Waals surface area (Å²) < 4.78 is 1.93. The zero-order chi connectivity index (χ0) is 15.4. The van der Waals surface area contributed by atoms with Crippen molar-refractivity contribution in [2.75, 3.05) is 0 Å². The second kappa shape index (κ2) is 7.06. The predicted octanol–water partition coefficient (Wildman–Crippen LogP) is 2.29. The Balaban J connectivity index is 2.25. The minimum Gasteiger partial charge on any atom is -0.480 e. The van der Waals surface area contributed by atoms with Crippen LogP contribution in [-0.2, 0) is 23.5 Å². The van der Waals surface area contributed by atoms with Crippen molar-refractivity contribution in [2.24, 2.45) is 0 Å². The van der Waals surface area contributed by atoms with E-state index in [4.69, 9.17) is 16.7 Å². The molecule has 0 saturated carbocycles. The van der Waals surface area contributed by atoms with E-state index in [0.717, 1.165) is 5.56 Å². The second-order valence-electron chi connectivity index (χ2n) is 4.10. The highest BCUT2D eigenvalue weighted by Gasteiger charge is 2.13. The summed E-state index contributed by atoms with van der Waals surface area (Å²) in [7, 11) is 0. The van der Waals surface area contributed by atoms with Crippen molar-refractivity contribution in [1.82, 2.24) is 14.8 Å². The second-order valence-corrected chi connectivity index (χ2v) is 6.58. The molecule has 0 atom stereocenters. The Labute approximate surface area is 133 Å². The first-order valence-corrected chi connectivity index (χ1v) is 8.29. The van der Waals surface area contributed by atoms with E-state index in [1.807, 2.05) is 11.4 Å². The molecular weight excluding hydrogens is 334 g/mol. The van der Waals surface area contributed by atoms with Crippen LogP contribution in [0.1, 0.15) is 18.2 Å². The van der Waals surface area contributed by atoms with Crippen molar-refractivity contribution < 1.29 is 9.90 Å². The third-order valence-electron chi connectivity index (χ3n) is 2.52. The van der Waals surface area contributed by atoms with Gasteiger partial charge in [0.15, 0.2) is 5.16 Å². The third-order valence-corrected chi connectivity index (χ3v) is 4.69. The molecule has 0 spiro atoms. The molecule has 2 rings (SSSR count). The van der Waals surface area contributed by atoms with Crippen molar-refractivity contribution in [3.63, 3.8) is 0 Å². The van der Waals surface area contributed by atoms with Crippen LogP contribution in [0.2, 0.25) is 4.34 Å². The number of carboxylic acid groups (broad SMARTS) is 1. The van der Waals surface area contributed by atoms with Crippen molar-refractivity contribution in [2.45, 2.75) is 30.8 Å². The number of thioether (sulfide) groups is 1. The first kappa shape index (κ1) is 16.0. The molecule has 0 aromatic carbocycles. The zero-order valence-corrected chi connectivity index (χ0v) is 13.5. The Bertz CT molecular complexity index is 714. The molecule has 0 aliphatic rings. The number of halogens is 1. The van der Waals surface area contributed by atoms with E-state index in [0.29, 0.717) is 21.7 Å². The van der Waals surface area contributed by atoms with Crippen LogP contribution in [0.15, 0.2) is 21.4 Å².